The maximum Gasteiger partial charge on any atom is 0.234 e. The molecule has 172 valence electrons. The van der Waals surface area contributed by atoms with Gasteiger partial charge in [0.25, 0.3) is 0 Å². The molecule has 1 unspecified atom stereocenters. The van der Waals surface area contributed by atoms with Crippen LogP contribution < -0.4 is 10.6 Å². The Morgan fingerprint density at radius 2 is 1.70 bits per heavy atom. The summed E-state index contributed by atoms with van der Waals surface area (Å²) < 4.78 is 13.0. The number of piperidine rings is 1. The van der Waals surface area contributed by atoms with Crippen LogP contribution in [0.25, 0.3) is 10.8 Å². The van der Waals surface area contributed by atoms with Crippen molar-refractivity contribution in [1.82, 2.24) is 15.5 Å². The molecule has 1 heterocycles. The fourth-order valence-corrected chi connectivity index (χ4v) is 4.49. The minimum Gasteiger partial charge on any atom is -0.352 e. The van der Waals surface area contributed by atoms with Crippen LogP contribution in [0.4, 0.5) is 4.39 Å². The Balaban J connectivity index is 1.22. The molecule has 3 aromatic carbocycles. The molecule has 0 saturated carbocycles. The number of hydrogen-bond donors (Lipinski definition) is 2. The van der Waals surface area contributed by atoms with Gasteiger partial charge in [-0.3, -0.25) is 14.5 Å². The molecule has 33 heavy (non-hydrogen) atoms. The van der Waals surface area contributed by atoms with Crippen LogP contribution in [0.3, 0.4) is 0 Å². The molecule has 0 aromatic heterocycles. The molecule has 1 aliphatic rings. The van der Waals surface area contributed by atoms with Crippen molar-refractivity contribution in [3.63, 3.8) is 0 Å². The van der Waals surface area contributed by atoms with Crippen LogP contribution in [-0.2, 0) is 16.1 Å². The van der Waals surface area contributed by atoms with Gasteiger partial charge < -0.3 is 10.6 Å². The van der Waals surface area contributed by atoms with E-state index in [1.807, 2.05) is 25.1 Å². The second-order valence-corrected chi connectivity index (χ2v) is 8.75. The predicted octanol–water partition coefficient (Wildman–Crippen LogP) is 4.18. The summed E-state index contributed by atoms with van der Waals surface area (Å²) in [6.07, 6.45) is 1.45. The van der Waals surface area contributed by atoms with Crippen molar-refractivity contribution in [3.8, 4) is 0 Å². The van der Waals surface area contributed by atoms with Gasteiger partial charge >= 0.3 is 0 Å². The molecule has 1 fully saturated rings. The van der Waals surface area contributed by atoms with Crippen molar-refractivity contribution < 1.29 is 14.0 Å². The Bertz CT molecular complexity index is 1100. The average molecular weight is 448 g/mol. The highest BCUT2D eigenvalue weighted by atomic mass is 19.1. The Labute approximate surface area is 194 Å². The van der Waals surface area contributed by atoms with Gasteiger partial charge in [0, 0.05) is 12.5 Å². The highest BCUT2D eigenvalue weighted by molar-refractivity contribution is 5.87. The fourth-order valence-electron chi connectivity index (χ4n) is 4.49. The Morgan fingerprint density at radius 3 is 2.45 bits per heavy atom. The lowest BCUT2D eigenvalue weighted by Gasteiger charge is -2.31. The highest BCUT2D eigenvalue weighted by Crippen LogP contribution is 2.24. The first-order chi connectivity index (χ1) is 16.0. The smallest absolute Gasteiger partial charge is 0.234 e. The van der Waals surface area contributed by atoms with Gasteiger partial charge in [0.2, 0.25) is 11.8 Å². The van der Waals surface area contributed by atoms with E-state index in [2.05, 4.69) is 39.8 Å². The maximum absolute atomic E-state index is 13.0. The van der Waals surface area contributed by atoms with Crippen LogP contribution in [0, 0.1) is 11.7 Å². The van der Waals surface area contributed by atoms with Crippen molar-refractivity contribution in [2.24, 2.45) is 5.92 Å². The number of nitrogens with one attached hydrogen (secondary N) is 2. The fraction of sp³-hybridized carbons (Fsp3) is 0.333. The van der Waals surface area contributed by atoms with Crippen molar-refractivity contribution in [1.29, 1.82) is 0 Å². The summed E-state index contributed by atoms with van der Waals surface area (Å²) >= 11 is 0. The zero-order chi connectivity index (χ0) is 23.2. The molecule has 0 bridgehead atoms. The summed E-state index contributed by atoms with van der Waals surface area (Å²) in [5.41, 5.74) is 1.98. The first kappa shape index (κ1) is 22.9. The lowest BCUT2D eigenvalue weighted by molar-refractivity contribution is -0.127. The summed E-state index contributed by atoms with van der Waals surface area (Å²) in [6.45, 7) is 4.17. The van der Waals surface area contributed by atoms with Crippen LogP contribution in [0.15, 0.2) is 66.7 Å². The van der Waals surface area contributed by atoms with Crippen molar-refractivity contribution >= 4 is 22.6 Å². The van der Waals surface area contributed by atoms with Crippen molar-refractivity contribution in [2.75, 3.05) is 19.6 Å². The summed E-state index contributed by atoms with van der Waals surface area (Å²) in [7, 11) is 0. The molecular weight excluding hydrogens is 417 g/mol. The number of likely N-dealkylation sites (tertiary alicyclic amines) is 1. The normalized spacial score (nSPS) is 15.8. The van der Waals surface area contributed by atoms with Crippen LogP contribution in [0.1, 0.15) is 36.9 Å². The highest BCUT2D eigenvalue weighted by Gasteiger charge is 2.26. The molecule has 2 N–H and O–H groups in total. The Hall–Kier alpha value is -3.25. The maximum atomic E-state index is 13.0. The van der Waals surface area contributed by atoms with Gasteiger partial charge in [-0.25, -0.2) is 4.39 Å². The number of carbonyl (C=O) groups excluding carboxylic acids is 2. The van der Waals surface area contributed by atoms with E-state index in [1.165, 1.54) is 12.1 Å². The standard InChI is InChI=1S/C27H30FN3O2/c1-19(24-8-4-6-21-5-2-3-7-25(21)24)30-26(32)18-31-15-13-22(14-16-31)27(33)29-17-20-9-11-23(28)12-10-20/h2-12,19,22H,13-18H2,1H3,(H,29,33)(H,30,32). The topological polar surface area (TPSA) is 61.4 Å². The lowest BCUT2D eigenvalue weighted by atomic mass is 9.95. The van der Waals surface area contributed by atoms with E-state index >= 15 is 0 Å². The van der Waals surface area contributed by atoms with Gasteiger partial charge in [-0.05, 0) is 66.9 Å². The molecule has 1 aliphatic heterocycles. The molecule has 4 rings (SSSR count). The molecule has 0 aliphatic carbocycles. The zero-order valence-corrected chi connectivity index (χ0v) is 18.9. The van der Waals surface area contributed by atoms with Gasteiger partial charge in [0.15, 0.2) is 0 Å². The number of benzene rings is 3. The first-order valence-electron chi connectivity index (χ1n) is 11.5. The second-order valence-electron chi connectivity index (χ2n) is 8.75. The second kappa shape index (κ2) is 10.6. The molecule has 6 heteroatoms. The summed E-state index contributed by atoms with van der Waals surface area (Å²) in [4.78, 5) is 27.3. The van der Waals surface area contributed by atoms with Crippen molar-refractivity contribution in [2.45, 2.75) is 32.4 Å². The largest absolute Gasteiger partial charge is 0.352 e. The molecule has 1 atom stereocenters. The summed E-state index contributed by atoms with van der Waals surface area (Å²) in [5, 5.41) is 8.38. The third kappa shape index (κ3) is 5.96. The van der Waals surface area contributed by atoms with E-state index in [4.69, 9.17) is 0 Å². The van der Waals surface area contributed by atoms with Crippen LogP contribution in [0.5, 0.6) is 0 Å². The molecule has 1 saturated heterocycles. The van der Waals surface area contributed by atoms with E-state index in [1.54, 1.807) is 12.1 Å². The van der Waals surface area contributed by atoms with E-state index in [9.17, 15) is 14.0 Å². The number of nitrogens with zero attached hydrogens (tertiary/aromatic N) is 1. The molecule has 3 aromatic rings. The number of halogens is 1. The van der Waals surface area contributed by atoms with Gasteiger partial charge in [-0.1, -0.05) is 54.6 Å². The molecular formula is C27H30FN3O2. The molecule has 0 radical (unpaired) electrons. The van der Waals surface area contributed by atoms with Gasteiger partial charge in [0.05, 0.1) is 12.6 Å². The quantitative estimate of drug-likeness (QED) is 0.571. The minimum absolute atomic E-state index is 0.00496. The van der Waals surface area contributed by atoms with Gasteiger partial charge in [0.1, 0.15) is 5.82 Å². The molecule has 2 amide bonds. The molecule has 5 nitrogen and oxygen atoms in total. The number of carbonyl (C=O) groups is 2. The van der Waals surface area contributed by atoms with Gasteiger partial charge in [-0.2, -0.15) is 0 Å². The number of rotatable bonds is 7. The number of fused-ring (bicyclic) bond motifs is 1. The molecule has 0 spiro atoms. The zero-order valence-electron chi connectivity index (χ0n) is 18.9. The van der Waals surface area contributed by atoms with E-state index in [-0.39, 0.29) is 29.6 Å². The monoisotopic (exact) mass is 447 g/mol. The van der Waals surface area contributed by atoms with E-state index in [0.29, 0.717) is 26.2 Å². The number of amides is 2. The van der Waals surface area contributed by atoms with Crippen LogP contribution >= 0.6 is 0 Å². The lowest BCUT2D eigenvalue weighted by Crippen LogP contribution is -2.44. The Morgan fingerprint density at radius 1 is 1.00 bits per heavy atom. The van der Waals surface area contributed by atoms with Crippen LogP contribution in [0.2, 0.25) is 0 Å². The van der Waals surface area contributed by atoms with Crippen LogP contribution in [-0.4, -0.2) is 36.3 Å². The van der Waals surface area contributed by atoms with Crippen molar-refractivity contribution in [3.05, 3.63) is 83.7 Å². The van der Waals surface area contributed by atoms with E-state index < -0.39 is 0 Å². The Kier molecular flexibility index (Phi) is 7.35. The van der Waals surface area contributed by atoms with Gasteiger partial charge in [-0.15, -0.1) is 0 Å². The third-order valence-electron chi connectivity index (χ3n) is 6.37. The SMILES string of the molecule is CC(NC(=O)CN1CCC(C(=O)NCc2ccc(F)cc2)CC1)c1cccc2ccccc12. The summed E-state index contributed by atoms with van der Waals surface area (Å²) in [6, 6.07) is 20.4. The van der Waals surface area contributed by atoms with E-state index in [0.717, 1.165) is 34.7 Å². The average Bonchev–Trinajstić information content (AvgIpc) is 2.83. The third-order valence-corrected chi connectivity index (χ3v) is 6.37. The number of hydrogen-bond acceptors (Lipinski definition) is 3. The first-order valence-corrected chi connectivity index (χ1v) is 11.5. The predicted molar refractivity (Wildman–Crippen MR) is 128 cm³/mol. The summed E-state index contributed by atoms with van der Waals surface area (Å²) in [5.74, 6) is -0.324. The minimum atomic E-state index is -0.284.